The molecular weight excluding hydrogens is 264 g/mol. The molecule has 0 aromatic carbocycles. The van der Waals surface area contributed by atoms with E-state index >= 15 is 0 Å². The molecule has 0 atom stereocenters. The van der Waals surface area contributed by atoms with Gasteiger partial charge in [-0.2, -0.15) is 0 Å². The van der Waals surface area contributed by atoms with Gasteiger partial charge in [-0.05, 0) is 12.8 Å². The van der Waals surface area contributed by atoms with E-state index in [2.05, 4.69) is 32.3 Å². The molecule has 0 bridgehead atoms. The van der Waals surface area contributed by atoms with Gasteiger partial charge in [-0.3, -0.25) is 4.58 Å². The minimum atomic E-state index is -0.400. The molecule has 0 unspecified atom stereocenters. The Morgan fingerprint density at radius 2 is 1.43 bits per heavy atom. The molecule has 0 N–H and O–H groups in total. The van der Waals surface area contributed by atoms with Gasteiger partial charge in [0.05, 0.1) is 0 Å². The summed E-state index contributed by atoms with van der Waals surface area (Å²) in [7, 11) is 0. The SMILES string of the molecule is CCCCCCCCCC(OC(C)(C)C(C)(C)CC)=[O+][O-]. The minimum absolute atomic E-state index is 0.00304. The number of unbranched alkanes of at least 4 members (excludes halogenated alkanes) is 6. The molecule has 0 saturated carbocycles. The third-order valence-corrected chi connectivity index (χ3v) is 4.96. The third-order valence-electron chi connectivity index (χ3n) is 4.96. The Bertz CT molecular complexity index is 293. The van der Waals surface area contributed by atoms with Crippen molar-refractivity contribution >= 4 is 5.97 Å². The number of ether oxygens (including phenoxy) is 1. The number of carbonyl (C=O) groups excluding carboxylic acids is 1. The van der Waals surface area contributed by atoms with Gasteiger partial charge in [-0.1, -0.05) is 66.2 Å². The van der Waals surface area contributed by atoms with Crippen LogP contribution in [-0.2, 0) is 9.31 Å². The lowest BCUT2D eigenvalue weighted by Crippen LogP contribution is -2.43. The van der Waals surface area contributed by atoms with E-state index in [-0.39, 0.29) is 11.4 Å². The Morgan fingerprint density at radius 3 is 1.90 bits per heavy atom. The molecule has 0 aromatic rings. The summed E-state index contributed by atoms with van der Waals surface area (Å²) in [5, 5.41) is 10.9. The van der Waals surface area contributed by atoms with Crippen molar-refractivity contribution in [2.45, 2.75) is 105 Å². The van der Waals surface area contributed by atoms with Crippen molar-refractivity contribution in [1.29, 1.82) is 0 Å². The Morgan fingerprint density at radius 1 is 0.905 bits per heavy atom. The summed E-state index contributed by atoms with van der Waals surface area (Å²) < 4.78 is 10.1. The first-order valence-corrected chi connectivity index (χ1v) is 8.65. The Kier molecular flexibility index (Phi) is 9.72. The molecule has 0 amide bonds. The van der Waals surface area contributed by atoms with Crippen LogP contribution >= 0.6 is 0 Å². The van der Waals surface area contributed by atoms with Crippen LogP contribution in [0.5, 0.6) is 0 Å². The van der Waals surface area contributed by atoms with Crippen LogP contribution < -0.4 is 5.26 Å². The van der Waals surface area contributed by atoms with Crippen LogP contribution in [0.4, 0.5) is 0 Å². The molecule has 0 radical (unpaired) electrons. The number of hydrogen-bond donors (Lipinski definition) is 0. The molecule has 0 rings (SSSR count). The predicted octanol–water partition coefficient (Wildman–Crippen LogP) is 4.70. The molecule has 0 aromatic heterocycles. The fraction of sp³-hybridized carbons (Fsp3) is 0.944. The number of rotatable bonds is 11. The quantitative estimate of drug-likeness (QED) is 0.182. The standard InChI is InChI=1S/C18H36O3/c1-7-9-10-11-12-13-14-15-16(21-19)20-18(5,6)17(3,4)8-2/h7-15H2,1-6H3. The number of hydrogen-bond acceptors (Lipinski definition) is 2. The normalized spacial score (nSPS) is 13.5. The second-order valence-corrected chi connectivity index (χ2v) is 7.18. The van der Waals surface area contributed by atoms with Crippen LogP contribution in [0, 0.1) is 5.41 Å². The summed E-state index contributed by atoms with van der Waals surface area (Å²) in [6.45, 7) is 12.7. The summed E-state index contributed by atoms with van der Waals surface area (Å²) in [5.41, 5.74) is -0.403. The van der Waals surface area contributed by atoms with E-state index in [9.17, 15) is 5.26 Å². The van der Waals surface area contributed by atoms with E-state index in [1.54, 1.807) is 0 Å². The van der Waals surface area contributed by atoms with Crippen LogP contribution in [0.2, 0.25) is 0 Å². The monoisotopic (exact) mass is 300 g/mol. The van der Waals surface area contributed by atoms with E-state index in [0.29, 0.717) is 6.42 Å². The topological polar surface area (TPSA) is 43.6 Å². The smallest absolute Gasteiger partial charge is 0.497 e. The van der Waals surface area contributed by atoms with E-state index < -0.39 is 5.60 Å². The molecule has 0 heterocycles. The maximum atomic E-state index is 10.9. The first kappa shape index (κ1) is 20.3. The van der Waals surface area contributed by atoms with Crippen molar-refractivity contribution in [1.82, 2.24) is 0 Å². The van der Waals surface area contributed by atoms with Crippen LogP contribution in [-0.4, -0.2) is 11.6 Å². The Balaban J connectivity index is 4.08. The van der Waals surface area contributed by atoms with Crippen LogP contribution in [0.25, 0.3) is 0 Å². The summed E-state index contributed by atoms with van der Waals surface area (Å²) in [4.78, 5) is 0. The summed E-state index contributed by atoms with van der Waals surface area (Å²) in [5.74, 6) is 0.245. The fourth-order valence-electron chi connectivity index (χ4n) is 2.18. The summed E-state index contributed by atoms with van der Waals surface area (Å²) >= 11 is 0. The van der Waals surface area contributed by atoms with Crippen LogP contribution in [0.1, 0.15) is 99.3 Å². The largest absolute Gasteiger partial charge is 0.588 e. The highest BCUT2D eigenvalue weighted by atomic mass is 17.1. The Labute approximate surface area is 131 Å². The van der Waals surface area contributed by atoms with Gasteiger partial charge in [-0.15, -0.1) is 0 Å². The van der Waals surface area contributed by atoms with Crippen molar-refractivity contribution < 1.29 is 14.6 Å². The molecule has 21 heavy (non-hydrogen) atoms. The maximum absolute atomic E-state index is 10.9. The molecule has 0 aliphatic rings. The highest BCUT2D eigenvalue weighted by Gasteiger charge is 2.44. The van der Waals surface area contributed by atoms with E-state index in [4.69, 9.17) is 4.74 Å². The molecule has 0 aliphatic heterocycles. The van der Waals surface area contributed by atoms with Crippen molar-refractivity contribution in [3.8, 4) is 0 Å². The zero-order valence-corrected chi connectivity index (χ0v) is 15.1. The van der Waals surface area contributed by atoms with Crippen LogP contribution in [0.3, 0.4) is 0 Å². The van der Waals surface area contributed by atoms with E-state index in [1.165, 1.54) is 32.1 Å². The van der Waals surface area contributed by atoms with Gasteiger partial charge in [0.15, 0.2) is 0 Å². The lowest BCUT2D eigenvalue weighted by atomic mass is 9.75. The molecule has 126 valence electrons. The predicted molar refractivity (Wildman–Crippen MR) is 86.9 cm³/mol. The molecule has 0 fully saturated rings. The van der Waals surface area contributed by atoms with Crippen molar-refractivity contribution in [3.63, 3.8) is 0 Å². The summed E-state index contributed by atoms with van der Waals surface area (Å²) in [6.07, 6.45) is 10.1. The van der Waals surface area contributed by atoms with Gasteiger partial charge < -0.3 is 9.99 Å². The van der Waals surface area contributed by atoms with Gasteiger partial charge >= 0.3 is 5.97 Å². The zero-order valence-electron chi connectivity index (χ0n) is 15.1. The first-order valence-electron chi connectivity index (χ1n) is 8.65. The minimum Gasteiger partial charge on any atom is -0.588 e. The zero-order chi connectivity index (χ0) is 16.4. The molecule has 3 nitrogen and oxygen atoms in total. The molecule has 0 spiro atoms. The second kappa shape index (κ2) is 10.1. The highest BCUT2D eigenvalue weighted by Crippen LogP contribution is 2.37. The molecule has 3 heteroatoms. The second-order valence-electron chi connectivity index (χ2n) is 7.18. The van der Waals surface area contributed by atoms with Gasteiger partial charge in [0.25, 0.3) is 0 Å². The molecule has 0 aliphatic carbocycles. The van der Waals surface area contributed by atoms with E-state index in [1.807, 2.05) is 13.8 Å². The Hall–Kier alpha value is -0.730. The van der Waals surface area contributed by atoms with Gasteiger partial charge in [-0.25, -0.2) is 0 Å². The maximum Gasteiger partial charge on any atom is 0.497 e. The van der Waals surface area contributed by atoms with Gasteiger partial charge in [0.2, 0.25) is 5.60 Å². The first-order chi connectivity index (χ1) is 9.80. The van der Waals surface area contributed by atoms with Crippen LogP contribution in [0.15, 0.2) is 0 Å². The molecular formula is C18H36O3. The van der Waals surface area contributed by atoms with Crippen molar-refractivity contribution in [2.24, 2.45) is 5.41 Å². The lowest BCUT2D eigenvalue weighted by Gasteiger charge is -2.34. The van der Waals surface area contributed by atoms with Crippen molar-refractivity contribution in [3.05, 3.63) is 0 Å². The van der Waals surface area contributed by atoms with Gasteiger partial charge in [0, 0.05) is 19.3 Å². The van der Waals surface area contributed by atoms with E-state index in [0.717, 1.165) is 19.3 Å². The fourth-order valence-corrected chi connectivity index (χ4v) is 2.18. The summed E-state index contributed by atoms with van der Waals surface area (Å²) in [6, 6.07) is 0. The lowest BCUT2D eigenvalue weighted by molar-refractivity contribution is -1.05. The average molecular weight is 300 g/mol. The molecule has 0 saturated heterocycles. The average Bonchev–Trinajstić information content (AvgIpc) is 2.44. The third kappa shape index (κ3) is 7.73. The van der Waals surface area contributed by atoms with Gasteiger partial charge in [0.1, 0.15) is 6.42 Å². The number of esters is 1. The van der Waals surface area contributed by atoms with Crippen molar-refractivity contribution in [2.75, 3.05) is 0 Å². The highest BCUT2D eigenvalue weighted by molar-refractivity contribution is 5.70.